The van der Waals surface area contributed by atoms with Crippen LogP contribution >= 0.6 is 12.6 Å². The summed E-state index contributed by atoms with van der Waals surface area (Å²) >= 11 is 3.97. The molecule has 1 fully saturated rings. The van der Waals surface area contributed by atoms with Gasteiger partial charge in [0.05, 0.1) is 13.2 Å². The summed E-state index contributed by atoms with van der Waals surface area (Å²) < 4.78 is 18.5. The second kappa shape index (κ2) is 6.91. The zero-order chi connectivity index (χ0) is 15.4. The third-order valence-corrected chi connectivity index (χ3v) is 3.58. The van der Waals surface area contributed by atoms with E-state index in [1.54, 1.807) is 6.92 Å². The fraction of sp³-hybridized carbons (Fsp3) is 0.429. The molecule has 1 heterocycles. The number of hydrogen-bond donors (Lipinski definition) is 2. The van der Waals surface area contributed by atoms with Gasteiger partial charge in [0, 0.05) is 23.5 Å². The van der Waals surface area contributed by atoms with Gasteiger partial charge in [-0.3, -0.25) is 9.59 Å². The molecule has 1 aromatic rings. The van der Waals surface area contributed by atoms with Crippen LogP contribution in [0.4, 0.5) is 4.39 Å². The molecular weight excluding hydrogens is 295 g/mol. The number of amides is 2. The second-order valence-electron chi connectivity index (χ2n) is 4.65. The quantitative estimate of drug-likeness (QED) is 0.822. The molecule has 21 heavy (non-hydrogen) atoms. The number of likely N-dealkylation sites (N-methyl/N-ethyl adjacent to an activating group) is 1. The Bertz CT molecular complexity index is 553. The maximum Gasteiger partial charge on any atom is 0.254 e. The molecule has 0 aliphatic carbocycles. The summed E-state index contributed by atoms with van der Waals surface area (Å²) in [5.74, 6) is -1.07. The molecule has 1 unspecified atom stereocenters. The summed E-state index contributed by atoms with van der Waals surface area (Å²) in [4.78, 5) is 26.1. The molecule has 5 nitrogen and oxygen atoms in total. The highest BCUT2D eigenvalue weighted by atomic mass is 32.1. The largest absolute Gasteiger partial charge is 0.377 e. The van der Waals surface area contributed by atoms with Crippen LogP contribution in [0.3, 0.4) is 0 Å². The van der Waals surface area contributed by atoms with Crippen molar-refractivity contribution >= 4 is 24.4 Å². The van der Waals surface area contributed by atoms with Crippen LogP contribution in [0.25, 0.3) is 0 Å². The van der Waals surface area contributed by atoms with Crippen LogP contribution in [0, 0.1) is 5.82 Å². The number of nitrogens with zero attached hydrogens (tertiary/aromatic N) is 1. The van der Waals surface area contributed by atoms with Crippen molar-refractivity contribution in [2.75, 3.05) is 26.3 Å². The molecule has 1 saturated heterocycles. The number of rotatable bonds is 3. The minimum atomic E-state index is -0.667. The Hall–Kier alpha value is -1.60. The Balaban J connectivity index is 2.21. The van der Waals surface area contributed by atoms with Gasteiger partial charge in [-0.05, 0) is 25.1 Å². The first-order valence-corrected chi connectivity index (χ1v) is 7.14. The molecule has 7 heteroatoms. The summed E-state index contributed by atoms with van der Waals surface area (Å²) in [5, 5.41) is 2.68. The predicted octanol–water partition coefficient (Wildman–Crippen LogP) is 1.09. The number of ether oxygens (including phenoxy) is 1. The summed E-state index contributed by atoms with van der Waals surface area (Å²) in [6.07, 6.45) is 0. The van der Waals surface area contributed by atoms with Gasteiger partial charge in [-0.1, -0.05) is 0 Å². The highest BCUT2D eigenvalue weighted by Gasteiger charge is 2.33. The molecule has 0 bridgehead atoms. The lowest BCUT2D eigenvalue weighted by Gasteiger charge is -2.34. The van der Waals surface area contributed by atoms with E-state index in [2.05, 4.69) is 17.9 Å². The Labute approximate surface area is 127 Å². The molecule has 0 spiro atoms. The number of nitrogens with one attached hydrogen (secondary N) is 1. The SMILES string of the molecule is CCNC(=O)C1COCCN1C(=O)c1ccc(F)c(S)c1. The van der Waals surface area contributed by atoms with E-state index in [-0.39, 0.29) is 23.3 Å². The van der Waals surface area contributed by atoms with Gasteiger partial charge in [-0.25, -0.2) is 4.39 Å². The van der Waals surface area contributed by atoms with E-state index < -0.39 is 11.9 Å². The molecule has 1 aromatic carbocycles. The van der Waals surface area contributed by atoms with Gasteiger partial charge in [0.25, 0.3) is 5.91 Å². The van der Waals surface area contributed by atoms with E-state index >= 15 is 0 Å². The topological polar surface area (TPSA) is 58.6 Å². The molecule has 0 radical (unpaired) electrons. The van der Waals surface area contributed by atoms with Crippen LogP contribution in [-0.4, -0.2) is 49.1 Å². The first-order valence-electron chi connectivity index (χ1n) is 6.69. The van der Waals surface area contributed by atoms with Gasteiger partial charge in [0.2, 0.25) is 5.91 Å². The lowest BCUT2D eigenvalue weighted by molar-refractivity contribution is -0.130. The molecular formula is C14H17FN2O3S. The smallest absolute Gasteiger partial charge is 0.254 e. The molecule has 1 atom stereocenters. The molecule has 1 aliphatic heterocycles. The molecule has 114 valence electrons. The van der Waals surface area contributed by atoms with Crippen LogP contribution in [0.1, 0.15) is 17.3 Å². The highest BCUT2D eigenvalue weighted by molar-refractivity contribution is 7.80. The molecule has 0 saturated carbocycles. The third-order valence-electron chi connectivity index (χ3n) is 3.24. The number of benzene rings is 1. The van der Waals surface area contributed by atoms with E-state index in [4.69, 9.17) is 4.74 Å². The number of carbonyl (C=O) groups excluding carboxylic acids is 2. The van der Waals surface area contributed by atoms with E-state index in [1.165, 1.54) is 23.1 Å². The number of morpholine rings is 1. The normalized spacial score (nSPS) is 18.4. The lowest BCUT2D eigenvalue weighted by Crippen LogP contribution is -2.55. The van der Waals surface area contributed by atoms with Crippen molar-refractivity contribution in [3.63, 3.8) is 0 Å². The molecule has 1 aliphatic rings. The summed E-state index contributed by atoms with van der Waals surface area (Å²) in [5.41, 5.74) is 0.303. The average molecular weight is 312 g/mol. The number of carbonyl (C=O) groups is 2. The van der Waals surface area contributed by atoms with Crippen molar-refractivity contribution in [2.45, 2.75) is 17.9 Å². The summed E-state index contributed by atoms with van der Waals surface area (Å²) in [6, 6.07) is 3.28. The molecule has 1 N–H and O–H groups in total. The summed E-state index contributed by atoms with van der Waals surface area (Å²) in [7, 11) is 0. The Morgan fingerprint density at radius 2 is 2.29 bits per heavy atom. The number of hydrogen-bond acceptors (Lipinski definition) is 4. The molecule has 2 amide bonds. The van der Waals surface area contributed by atoms with Crippen LogP contribution in [-0.2, 0) is 9.53 Å². The van der Waals surface area contributed by atoms with E-state index in [0.717, 1.165) is 0 Å². The van der Waals surface area contributed by atoms with Crippen LogP contribution in [0.15, 0.2) is 23.1 Å². The minimum absolute atomic E-state index is 0.101. The van der Waals surface area contributed by atoms with Gasteiger partial charge >= 0.3 is 0 Å². The first kappa shape index (κ1) is 15.8. The van der Waals surface area contributed by atoms with Crippen molar-refractivity contribution in [1.82, 2.24) is 10.2 Å². The maximum atomic E-state index is 13.2. The molecule has 0 aromatic heterocycles. The van der Waals surface area contributed by atoms with Crippen molar-refractivity contribution in [1.29, 1.82) is 0 Å². The standard InChI is InChI=1S/C14H17FN2O3S/c1-2-16-13(18)11-8-20-6-5-17(11)14(19)9-3-4-10(15)12(21)7-9/h3-4,7,11,21H,2,5-6,8H2,1H3,(H,16,18). The van der Waals surface area contributed by atoms with Crippen LogP contribution in [0.5, 0.6) is 0 Å². The highest BCUT2D eigenvalue weighted by Crippen LogP contribution is 2.18. The number of halogens is 1. The third kappa shape index (κ3) is 3.54. The second-order valence-corrected chi connectivity index (χ2v) is 5.13. The lowest BCUT2D eigenvalue weighted by atomic mass is 10.1. The Morgan fingerprint density at radius 3 is 2.95 bits per heavy atom. The first-order chi connectivity index (χ1) is 10.0. The Morgan fingerprint density at radius 1 is 1.52 bits per heavy atom. The van der Waals surface area contributed by atoms with Gasteiger partial charge in [0.1, 0.15) is 11.9 Å². The van der Waals surface area contributed by atoms with E-state index in [9.17, 15) is 14.0 Å². The van der Waals surface area contributed by atoms with Gasteiger partial charge in [-0.2, -0.15) is 0 Å². The fourth-order valence-corrected chi connectivity index (χ4v) is 2.38. The van der Waals surface area contributed by atoms with Crippen molar-refractivity contribution in [3.8, 4) is 0 Å². The maximum absolute atomic E-state index is 13.2. The monoisotopic (exact) mass is 312 g/mol. The zero-order valence-corrected chi connectivity index (χ0v) is 12.5. The van der Waals surface area contributed by atoms with E-state index in [0.29, 0.717) is 25.3 Å². The van der Waals surface area contributed by atoms with Gasteiger partial charge < -0.3 is 15.0 Å². The average Bonchev–Trinajstić information content (AvgIpc) is 2.49. The van der Waals surface area contributed by atoms with Crippen molar-refractivity contribution < 1.29 is 18.7 Å². The van der Waals surface area contributed by atoms with Crippen LogP contribution in [0.2, 0.25) is 0 Å². The minimum Gasteiger partial charge on any atom is -0.377 e. The zero-order valence-electron chi connectivity index (χ0n) is 11.6. The number of thiol groups is 1. The molecule has 2 rings (SSSR count). The van der Waals surface area contributed by atoms with Crippen molar-refractivity contribution in [3.05, 3.63) is 29.6 Å². The van der Waals surface area contributed by atoms with Crippen LogP contribution < -0.4 is 5.32 Å². The van der Waals surface area contributed by atoms with Gasteiger partial charge in [-0.15, -0.1) is 12.6 Å². The van der Waals surface area contributed by atoms with Gasteiger partial charge in [0.15, 0.2) is 0 Å². The van der Waals surface area contributed by atoms with E-state index in [1.807, 2.05) is 0 Å². The Kier molecular flexibility index (Phi) is 5.19. The van der Waals surface area contributed by atoms with Crippen molar-refractivity contribution in [2.24, 2.45) is 0 Å². The summed E-state index contributed by atoms with van der Waals surface area (Å²) in [6.45, 7) is 3.14. The predicted molar refractivity (Wildman–Crippen MR) is 78.0 cm³/mol. The fourth-order valence-electron chi connectivity index (χ4n) is 2.17.